The van der Waals surface area contributed by atoms with Crippen molar-refractivity contribution < 1.29 is 22.1 Å². The number of hydrogen-bond acceptors (Lipinski definition) is 5. The van der Waals surface area contributed by atoms with E-state index in [1.165, 1.54) is 19.2 Å². The summed E-state index contributed by atoms with van der Waals surface area (Å²) in [6.07, 6.45) is 0.125. The summed E-state index contributed by atoms with van der Waals surface area (Å²) in [5.41, 5.74) is 0.970. The molecule has 106 valence electrons. The second kappa shape index (κ2) is 6.68. The third kappa shape index (κ3) is 5.00. The summed E-state index contributed by atoms with van der Waals surface area (Å²) in [6, 6.07) is 6.40. The minimum atomic E-state index is -3.77. The van der Waals surface area contributed by atoms with Gasteiger partial charge in [0.2, 0.25) is 0 Å². The minimum absolute atomic E-state index is 0.0503. The molecule has 1 aromatic rings. The van der Waals surface area contributed by atoms with Crippen LogP contribution < -0.4 is 0 Å². The highest BCUT2D eigenvalue weighted by molar-refractivity contribution is 7.86. The second-order valence-electron chi connectivity index (χ2n) is 4.44. The van der Waals surface area contributed by atoms with Gasteiger partial charge >= 0.3 is 5.97 Å². The number of hydrogen-bond donors (Lipinski definition) is 0. The van der Waals surface area contributed by atoms with Crippen LogP contribution in [-0.2, 0) is 23.8 Å². The second-order valence-corrected chi connectivity index (χ2v) is 6.05. The molecule has 6 heteroatoms. The molecule has 0 unspecified atom stereocenters. The molecule has 0 N–H and O–H groups in total. The number of benzene rings is 1. The van der Waals surface area contributed by atoms with Gasteiger partial charge in [0.05, 0.1) is 25.0 Å². The summed E-state index contributed by atoms with van der Waals surface area (Å²) in [5, 5.41) is 0. The lowest BCUT2D eigenvalue weighted by Crippen LogP contribution is -2.16. The maximum Gasteiger partial charge on any atom is 0.305 e. The molecular weight excluding hydrogens is 268 g/mol. The van der Waals surface area contributed by atoms with E-state index in [1.807, 2.05) is 6.92 Å². The van der Waals surface area contributed by atoms with Gasteiger partial charge in [0.15, 0.2) is 0 Å². The van der Waals surface area contributed by atoms with Crippen molar-refractivity contribution in [2.45, 2.75) is 25.2 Å². The number of carbonyl (C=O) groups is 1. The molecule has 0 saturated carbocycles. The average Bonchev–Trinajstić information content (AvgIpc) is 2.37. The van der Waals surface area contributed by atoms with Crippen LogP contribution in [0.25, 0.3) is 0 Å². The highest BCUT2D eigenvalue weighted by atomic mass is 32.2. The van der Waals surface area contributed by atoms with Crippen molar-refractivity contribution >= 4 is 16.1 Å². The summed E-state index contributed by atoms with van der Waals surface area (Å²) < 4.78 is 33.2. The standard InChI is InChI=1S/C13H18O5S/c1-10-4-6-12(7-5-10)19(15,16)18-9-11(2)8-13(14)17-3/h4-7,11H,8-9H2,1-3H3/t11-/m1/s1. The first-order valence-corrected chi connectivity index (χ1v) is 7.29. The molecule has 0 aromatic heterocycles. The lowest BCUT2D eigenvalue weighted by Gasteiger charge is -2.11. The predicted octanol–water partition coefficient (Wildman–Crippen LogP) is 1.90. The number of aryl methyl sites for hydroxylation is 1. The number of esters is 1. The Balaban J connectivity index is 2.61. The van der Waals surface area contributed by atoms with E-state index in [0.29, 0.717) is 0 Å². The van der Waals surface area contributed by atoms with Gasteiger partial charge in [0.25, 0.3) is 10.1 Å². The predicted molar refractivity (Wildman–Crippen MR) is 70.1 cm³/mol. The van der Waals surface area contributed by atoms with Crippen LogP contribution in [0.1, 0.15) is 18.9 Å². The van der Waals surface area contributed by atoms with Gasteiger partial charge in [-0.25, -0.2) is 0 Å². The molecular formula is C13H18O5S. The van der Waals surface area contributed by atoms with Gasteiger partial charge in [-0.3, -0.25) is 8.98 Å². The van der Waals surface area contributed by atoms with Crippen LogP contribution in [0.15, 0.2) is 29.2 Å². The first kappa shape index (κ1) is 15.7. The van der Waals surface area contributed by atoms with Crippen LogP contribution in [0, 0.1) is 12.8 Å². The largest absolute Gasteiger partial charge is 0.469 e. The molecule has 0 aliphatic rings. The Morgan fingerprint density at radius 3 is 2.37 bits per heavy atom. The zero-order chi connectivity index (χ0) is 14.5. The van der Waals surface area contributed by atoms with Gasteiger partial charge in [-0.1, -0.05) is 24.6 Å². The third-order valence-electron chi connectivity index (χ3n) is 2.56. The molecule has 0 fully saturated rings. The Morgan fingerprint density at radius 2 is 1.84 bits per heavy atom. The normalized spacial score (nSPS) is 13.0. The van der Waals surface area contributed by atoms with Crippen molar-refractivity contribution in [3.63, 3.8) is 0 Å². The van der Waals surface area contributed by atoms with Crippen LogP contribution in [-0.4, -0.2) is 28.1 Å². The smallest absolute Gasteiger partial charge is 0.305 e. The van der Waals surface area contributed by atoms with Crippen molar-refractivity contribution in [3.05, 3.63) is 29.8 Å². The van der Waals surface area contributed by atoms with Crippen LogP contribution in [0.5, 0.6) is 0 Å². The first-order chi connectivity index (χ1) is 8.85. The Morgan fingerprint density at radius 1 is 1.26 bits per heavy atom. The van der Waals surface area contributed by atoms with E-state index in [2.05, 4.69) is 4.74 Å². The summed E-state index contributed by atoms with van der Waals surface area (Å²) in [7, 11) is -2.48. The molecule has 1 aromatic carbocycles. The number of methoxy groups -OCH3 is 1. The molecule has 0 spiro atoms. The SMILES string of the molecule is COC(=O)C[C@@H](C)COS(=O)(=O)c1ccc(C)cc1. The van der Waals surface area contributed by atoms with Crippen molar-refractivity contribution in [1.82, 2.24) is 0 Å². The van der Waals surface area contributed by atoms with E-state index in [4.69, 9.17) is 4.18 Å². The summed E-state index contributed by atoms with van der Waals surface area (Å²) >= 11 is 0. The van der Waals surface area contributed by atoms with Gasteiger partial charge < -0.3 is 4.74 Å². The Bertz CT molecular complexity index is 518. The van der Waals surface area contributed by atoms with Crippen LogP contribution >= 0.6 is 0 Å². The van der Waals surface area contributed by atoms with Crippen LogP contribution in [0.3, 0.4) is 0 Å². The topological polar surface area (TPSA) is 69.7 Å². The molecule has 0 radical (unpaired) electrons. The highest BCUT2D eigenvalue weighted by Crippen LogP contribution is 2.15. The van der Waals surface area contributed by atoms with E-state index in [1.54, 1.807) is 19.1 Å². The van der Waals surface area contributed by atoms with E-state index in [9.17, 15) is 13.2 Å². The Kier molecular flexibility index (Phi) is 5.50. The fraction of sp³-hybridized carbons (Fsp3) is 0.462. The number of rotatable bonds is 6. The van der Waals surface area contributed by atoms with Crippen molar-refractivity contribution in [2.75, 3.05) is 13.7 Å². The average molecular weight is 286 g/mol. The Labute approximate surface area is 113 Å². The molecule has 1 rings (SSSR count). The quantitative estimate of drug-likeness (QED) is 0.590. The fourth-order valence-corrected chi connectivity index (χ4v) is 2.42. The maximum absolute atomic E-state index is 11.9. The molecule has 5 nitrogen and oxygen atoms in total. The molecule has 19 heavy (non-hydrogen) atoms. The van der Waals surface area contributed by atoms with Crippen molar-refractivity contribution in [1.29, 1.82) is 0 Å². The van der Waals surface area contributed by atoms with Crippen LogP contribution in [0.4, 0.5) is 0 Å². The molecule has 0 aliphatic heterocycles. The first-order valence-electron chi connectivity index (χ1n) is 5.88. The van der Waals surface area contributed by atoms with Crippen LogP contribution in [0.2, 0.25) is 0 Å². The fourth-order valence-electron chi connectivity index (χ4n) is 1.41. The van der Waals surface area contributed by atoms with Gasteiger partial charge in [-0.05, 0) is 25.0 Å². The molecule has 0 bridgehead atoms. The maximum atomic E-state index is 11.9. The van der Waals surface area contributed by atoms with E-state index in [0.717, 1.165) is 5.56 Å². The highest BCUT2D eigenvalue weighted by Gasteiger charge is 2.18. The molecule has 0 amide bonds. The lowest BCUT2D eigenvalue weighted by molar-refractivity contribution is -0.141. The van der Waals surface area contributed by atoms with Crippen molar-refractivity contribution in [3.8, 4) is 0 Å². The van der Waals surface area contributed by atoms with E-state index >= 15 is 0 Å². The van der Waals surface area contributed by atoms with Gasteiger partial charge in [-0.15, -0.1) is 0 Å². The Hall–Kier alpha value is -1.40. The zero-order valence-electron chi connectivity index (χ0n) is 11.3. The van der Waals surface area contributed by atoms with E-state index < -0.39 is 10.1 Å². The summed E-state index contributed by atoms with van der Waals surface area (Å²) in [6.45, 7) is 3.54. The molecule has 1 atom stereocenters. The zero-order valence-corrected chi connectivity index (χ0v) is 12.1. The molecule has 0 heterocycles. The number of ether oxygens (including phenoxy) is 1. The monoisotopic (exact) mass is 286 g/mol. The third-order valence-corrected chi connectivity index (χ3v) is 3.86. The summed E-state index contributed by atoms with van der Waals surface area (Å²) in [4.78, 5) is 11.1. The summed E-state index contributed by atoms with van der Waals surface area (Å²) in [5.74, 6) is -0.614. The van der Waals surface area contributed by atoms with Gasteiger partial charge in [-0.2, -0.15) is 8.42 Å². The van der Waals surface area contributed by atoms with Gasteiger partial charge in [0, 0.05) is 0 Å². The van der Waals surface area contributed by atoms with Gasteiger partial charge in [0.1, 0.15) is 0 Å². The number of carbonyl (C=O) groups excluding carboxylic acids is 1. The van der Waals surface area contributed by atoms with E-state index in [-0.39, 0.29) is 29.8 Å². The minimum Gasteiger partial charge on any atom is -0.469 e. The molecule has 0 saturated heterocycles. The van der Waals surface area contributed by atoms with Crippen molar-refractivity contribution in [2.24, 2.45) is 5.92 Å². The lowest BCUT2D eigenvalue weighted by atomic mass is 10.1. The molecule has 0 aliphatic carbocycles.